The molecule has 3 aromatic rings. The minimum atomic E-state index is 0.129. The first kappa shape index (κ1) is 13.3. The lowest BCUT2D eigenvalue weighted by atomic mass is 10.1. The predicted molar refractivity (Wildman–Crippen MR) is 86.8 cm³/mol. The van der Waals surface area contributed by atoms with E-state index in [4.69, 9.17) is 0 Å². The van der Waals surface area contributed by atoms with Crippen LogP contribution in [0.5, 0.6) is 0 Å². The van der Waals surface area contributed by atoms with Crippen molar-refractivity contribution in [1.29, 1.82) is 0 Å². The number of nitrogens with zero attached hydrogens (tertiary/aromatic N) is 1. The lowest BCUT2D eigenvalue weighted by Crippen LogP contribution is -1.97. The fraction of sp³-hybridized carbons (Fsp3) is 0.188. The lowest BCUT2D eigenvalue weighted by Gasteiger charge is -2.06. The second-order valence-electron chi connectivity index (χ2n) is 4.77. The van der Waals surface area contributed by atoms with Crippen LogP contribution in [0.1, 0.15) is 22.8 Å². The summed E-state index contributed by atoms with van der Waals surface area (Å²) in [5, 5.41) is 4.12. The number of carbonyl (C=O) groups is 1. The highest BCUT2D eigenvalue weighted by Gasteiger charge is 2.23. The van der Waals surface area contributed by atoms with Crippen LogP contribution >= 0.6 is 22.7 Å². The van der Waals surface area contributed by atoms with Gasteiger partial charge in [0.05, 0.1) is 21.1 Å². The summed E-state index contributed by atoms with van der Waals surface area (Å²) in [6.07, 6.45) is 0. The number of thiophene rings is 2. The van der Waals surface area contributed by atoms with Crippen molar-refractivity contribution in [2.45, 2.75) is 13.8 Å². The molecule has 0 radical (unpaired) electrons. The Kier molecular flexibility index (Phi) is 3.36. The number of ketones is 1. The Morgan fingerprint density at radius 1 is 1.05 bits per heavy atom. The van der Waals surface area contributed by atoms with Crippen molar-refractivity contribution in [3.8, 4) is 21.1 Å². The number of carbonyl (C=O) groups excluding carboxylic acids is 1. The quantitative estimate of drug-likeness (QED) is 0.624. The molecule has 0 aliphatic rings. The van der Waals surface area contributed by atoms with Crippen LogP contribution in [0.15, 0.2) is 35.0 Å². The average Bonchev–Trinajstić information content (AvgIpc) is 3.09. The van der Waals surface area contributed by atoms with Crippen molar-refractivity contribution < 1.29 is 4.79 Å². The van der Waals surface area contributed by atoms with Gasteiger partial charge in [0.25, 0.3) is 0 Å². The first-order valence-corrected chi connectivity index (χ1v) is 8.15. The van der Waals surface area contributed by atoms with Gasteiger partial charge in [-0.2, -0.15) is 0 Å². The van der Waals surface area contributed by atoms with E-state index in [1.807, 2.05) is 31.5 Å². The average molecular weight is 301 g/mol. The van der Waals surface area contributed by atoms with Crippen LogP contribution < -0.4 is 0 Å². The minimum absolute atomic E-state index is 0.129. The Bertz CT molecular complexity index is 749. The van der Waals surface area contributed by atoms with E-state index in [0.717, 1.165) is 27.4 Å². The van der Waals surface area contributed by atoms with Gasteiger partial charge in [-0.3, -0.25) is 4.79 Å². The molecule has 3 rings (SSSR count). The number of hydrogen-bond acceptors (Lipinski definition) is 3. The third-order valence-corrected chi connectivity index (χ3v) is 5.25. The van der Waals surface area contributed by atoms with Crippen molar-refractivity contribution in [1.82, 2.24) is 4.57 Å². The molecule has 0 aromatic carbocycles. The molecule has 0 fully saturated rings. The summed E-state index contributed by atoms with van der Waals surface area (Å²) in [4.78, 5) is 14.5. The Balaban J connectivity index is 2.35. The SMILES string of the molecule is CC(=O)c1c(C)c(-c2cccs2)n(C)c1-c1cccs1. The molecule has 3 heterocycles. The standard InChI is InChI=1S/C16H15NOS2/c1-10-14(11(2)18)16(13-7-5-9-20-13)17(3)15(10)12-6-4-8-19-12/h4-9H,1-3H3. The lowest BCUT2D eigenvalue weighted by molar-refractivity contribution is 0.101. The van der Waals surface area contributed by atoms with E-state index in [1.165, 1.54) is 4.88 Å². The van der Waals surface area contributed by atoms with Gasteiger partial charge >= 0.3 is 0 Å². The van der Waals surface area contributed by atoms with Gasteiger partial charge in [0.15, 0.2) is 5.78 Å². The monoisotopic (exact) mass is 301 g/mol. The van der Waals surface area contributed by atoms with Crippen LogP contribution in [0.3, 0.4) is 0 Å². The normalized spacial score (nSPS) is 10.9. The molecule has 0 aliphatic heterocycles. The molecule has 0 spiro atoms. The van der Waals surface area contributed by atoms with Gasteiger partial charge in [-0.05, 0) is 42.3 Å². The number of hydrogen-bond donors (Lipinski definition) is 0. The fourth-order valence-electron chi connectivity index (χ4n) is 2.72. The zero-order chi connectivity index (χ0) is 14.3. The summed E-state index contributed by atoms with van der Waals surface area (Å²) >= 11 is 3.38. The molecule has 0 aliphatic carbocycles. The van der Waals surface area contributed by atoms with Crippen molar-refractivity contribution in [2.75, 3.05) is 0 Å². The second kappa shape index (κ2) is 5.04. The maximum atomic E-state index is 12.1. The highest BCUT2D eigenvalue weighted by Crippen LogP contribution is 2.39. The summed E-state index contributed by atoms with van der Waals surface area (Å²) in [5.74, 6) is 0.129. The molecular weight excluding hydrogens is 286 g/mol. The third kappa shape index (κ3) is 1.96. The third-order valence-electron chi connectivity index (χ3n) is 3.50. The molecule has 0 amide bonds. The van der Waals surface area contributed by atoms with Crippen molar-refractivity contribution in [3.05, 3.63) is 46.2 Å². The van der Waals surface area contributed by atoms with Gasteiger partial charge in [0, 0.05) is 12.6 Å². The molecule has 4 heteroatoms. The van der Waals surface area contributed by atoms with Gasteiger partial charge < -0.3 is 4.57 Å². The molecule has 0 N–H and O–H groups in total. The van der Waals surface area contributed by atoms with Crippen LogP contribution in [-0.4, -0.2) is 10.4 Å². The summed E-state index contributed by atoms with van der Waals surface area (Å²) in [5.41, 5.74) is 4.10. The maximum Gasteiger partial charge on any atom is 0.162 e. The molecule has 0 atom stereocenters. The van der Waals surface area contributed by atoms with E-state index in [-0.39, 0.29) is 5.78 Å². The molecule has 102 valence electrons. The summed E-state index contributed by atoms with van der Waals surface area (Å²) in [7, 11) is 2.05. The van der Waals surface area contributed by atoms with Gasteiger partial charge in [-0.1, -0.05) is 12.1 Å². The smallest absolute Gasteiger partial charge is 0.162 e. The highest BCUT2D eigenvalue weighted by molar-refractivity contribution is 7.14. The van der Waals surface area contributed by atoms with Gasteiger partial charge in [0.2, 0.25) is 0 Å². The van der Waals surface area contributed by atoms with Crippen LogP contribution in [-0.2, 0) is 7.05 Å². The molecule has 0 unspecified atom stereocenters. The largest absolute Gasteiger partial charge is 0.341 e. The number of aromatic nitrogens is 1. The molecule has 2 nitrogen and oxygen atoms in total. The van der Waals surface area contributed by atoms with Crippen molar-refractivity contribution in [3.63, 3.8) is 0 Å². The Morgan fingerprint density at radius 3 is 2.05 bits per heavy atom. The zero-order valence-corrected chi connectivity index (χ0v) is 13.3. The van der Waals surface area contributed by atoms with Crippen LogP contribution in [0.25, 0.3) is 21.1 Å². The first-order chi connectivity index (χ1) is 9.61. The maximum absolute atomic E-state index is 12.1. The fourth-order valence-corrected chi connectivity index (χ4v) is 4.40. The van der Waals surface area contributed by atoms with E-state index >= 15 is 0 Å². The topological polar surface area (TPSA) is 22.0 Å². The van der Waals surface area contributed by atoms with E-state index in [1.54, 1.807) is 29.6 Å². The number of rotatable bonds is 3. The number of Topliss-reactive ketones (excluding diaryl/α,β-unsaturated/α-hetero) is 1. The van der Waals surface area contributed by atoms with Crippen LogP contribution in [0.4, 0.5) is 0 Å². The van der Waals surface area contributed by atoms with Crippen LogP contribution in [0, 0.1) is 6.92 Å². The van der Waals surface area contributed by atoms with E-state index in [2.05, 4.69) is 22.1 Å². The van der Waals surface area contributed by atoms with E-state index in [0.29, 0.717) is 0 Å². The predicted octanol–water partition coefficient (Wildman–Crippen LogP) is 4.99. The molecule has 0 saturated carbocycles. The Labute approximate surface area is 126 Å². The second-order valence-corrected chi connectivity index (χ2v) is 6.66. The first-order valence-electron chi connectivity index (χ1n) is 6.39. The van der Waals surface area contributed by atoms with Crippen molar-refractivity contribution in [2.24, 2.45) is 7.05 Å². The molecule has 0 bridgehead atoms. The Hall–Kier alpha value is -1.65. The van der Waals surface area contributed by atoms with Crippen LogP contribution in [0.2, 0.25) is 0 Å². The molecule has 3 aromatic heterocycles. The summed E-state index contributed by atoms with van der Waals surface area (Å²) < 4.78 is 2.16. The molecule has 0 saturated heterocycles. The van der Waals surface area contributed by atoms with E-state index in [9.17, 15) is 4.79 Å². The zero-order valence-electron chi connectivity index (χ0n) is 11.6. The van der Waals surface area contributed by atoms with Gasteiger partial charge in [-0.15, -0.1) is 22.7 Å². The van der Waals surface area contributed by atoms with Crippen molar-refractivity contribution >= 4 is 28.5 Å². The van der Waals surface area contributed by atoms with E-state index < -0.39 is 0 Å². The summed E-state index contributed by atoms with van der Waals surface area (Å²) in [6, 6.07) is 8.25. The Morgan fingerprint density at radius 2 is 1.60 bits per heavy atom. The minimum Gasteiger partial charge on any atom is -0.341 e. The highest BCUT2D eigenvalue weighted by atomic mass is 32.1. The van der Waals surface area contributed by atoms with Gasteiger partial charge in [-0.25, -0.2) is 0 Å². The summed E-state index contributed by atoms with van der Waals surface area (Å²) in [6.45, 7) is 3.69. The molecule has 20 heavy (non-hydrogen) atoms. The van der Waals surface area contributed by atoms with Gasteiger partial charge in [0.1, 0.15) is 0 Å². The molecular formula is C16H15NOS2.